The minimum atomic E-state index is -1.06. The van der Waals surface area contributed by atoms with Crippen LogP contribution >= 0.6 is 15.9 Å². The normalized spacial score (nSPS) is 10.9. The predicted molar refractivity (Wildman–Crippen MR) is 70.1 cm³/mol. The molecular formula is C12H12BrN3O2. The first-order valence-corrected chi connectivity index (χ1v) is 6.24. The van der Waals surface area contributed by atoms with Crippen molar-refractivity contribution >= 4 is 21.9 Å². The van der Waals surface area contributed by atoms with E-state index in [4.69, 9.17) is 5.11 Å². The maximum Gasteiger partial charge on any atom is 0.357 e. The fourth-order valence-corrected chi connectivity index (χ4v) is 2.58. The molecule has 94 valence electrons. The molecule has 0 saturated carbocycles. The van der Waals surface area contributed by atoms with Crippen molar-refractivity contribution in [3.63, 3.8) is 0 Å². The Morgan fingerprint density at radius 2 is 2.17 bits per heavy atom. The van der Waals surface area contributed by atoms with Crippen LogP contribution in [0.4, 0.5) is 0 Å². The van der Waals surface area contributed by atoms with E-state index in [2.05, 4.69) is 26.0 Å². The average Bonchev–Trinajstić information content (AvgIpc) is 2.68. The second kappa shape index (κ2) is 4.89. The standard InChI is InChI=1S/C12H12BrN3O2/c1-7(2)11-9(13)10(12(17)18)15-16(11)8-5-3-4-6-14-8/h3-7H,1-2H3,(H,17,18). The average molecular weight is 310 g/mol. The molecule has 0 radical (unpaired) electrons. The van der Waals surface area contributed by atoms with E-state index < -0.39 is 5.97 Å². The van der Waals surface area contributed by atoms with Gasteiger partial charge in [0.15, 0.2) is 11.5 Å². The van der Waals surface area contributed by atoms with E-state index in [0.29, 0.717) is 10.3 Å². The molecule has 0 aliphatic heterocycles. The Morgan fingerprint density at radius 3 is 2.67 bits per heavy atom. The van der Waals surface area contributed by atoms with Gasteiger partial charge in [-0.05, 0) is 34.0 Å². The van der Waals surface area contributed by atoms with Gasteiger partial charge in [0.25, 0.3) is 0 Å². The summed E-state index contributed by atoms with van der Waals surface area (Å²) >= 11 is 3.31. The van der Waals surface area contributed by atoms with Crippen molar-refractivity contribution in [2.75, 3.05) is 0 Å². The molecule has 5 nitrogen and oxygen atoms in total. The largest absolute Gasteiger partial charge is 0.476 e. The van der Waals surface area contributed by atoms with Crippen molar-refractivity contribution in [1.29, 1.82) is 0 Å². The highest BCUT2D eigenvalue weighted by Crippen LogP contribution is 2.29. The molecule has 0 spiro atoms. The Balaban J connectivity index is 2.67. The summed E-state index contributed by atoms with van der Waals surface area (Å²) in [7, 11) is 0. The van der Waals surface area contributed by atoms with Crippen LogP contribution in [-0.2, 0) is 0 Å². The number of aromatic carboxylic acids is 1. The molecule has 0 amide bonds. The van der Waals surface area contributed by atoms with Crippen molar-refractivity contribution in [2.45, 2.75) is 19.8 Å². The van der Waals surface area contributed by atoms with Crippen LogP contribution < -0.4 is 0 Å². The number of carboxylic acid groups (broad SMARTS) is 1. The molecule has 0 bridgehead atoms. The number of aromatic nitrogens is 3. The van der Waals surface area contributed by atoms with E-state index in [0.717, 1.165) is 5.69 Å². The highest BCUT2D eigenvalue weighted by Gasteiger charge is 2.23. The lowest BCUT2D eigenvalue weighted by Crippen LogP contribution is -2.06. The maximum absolute atomic E-state index is 11.1. The summed E-state index contributed by atoms with van der Waals surface area (Å²) in [6, 6.07) is 5.43. The number of carbonyl (C=O) groups is 1. The van der Waals surface area contributed by atoms with Crippen LogP contribution in [-0.4, -0.2) is 25.8 Å². The Morgan fingerprint density at radius 1 is 1.44 bits per heavy atom. The van der Waals surface area contributed by atoms with E-state index in [1.807, 2.05) is 19.9 Å². The molecule has 0 fully saturated rings. The zero-order valence-corrected chi connectivity index (χ0v) is 11.5. The molecule has 6 heteroatoms. The minimum Gasteiger partial charge on any atom is -0.476 e. The van der Waals surface area contributed by atoms with Gasteiger partial charge in [-0.3, -0.25) is 0 Å². The second-order valence-corrected chi connectivity index (χ2v) is 4.90. The van der Waals surface area contributed by atoms with E-state index in [9.17, 15) is 4.79 Å². The Hall–Kier alpha value is -1.69. The summed E-state index contributed by atoms with van der Waals surface area (Å²) in [4.78, 5) is 15.3. The number of nitrogens with zero attached hydrogens (tertiary/aromatic N) is 3. The molecule has 2 aromatic rings. The van der Waals surface area contributed by atoms with E-state index in [1.54, 1.807) is 23.0 Å². The molecule has 2 heterocycles. The highest BCUT2D eigenvalue weighted by atomic mass is 79.9. The molecule has 1 N–H and O–H groups in total. The molecule has 0 aromatic carbocycles. The van der Waals surface area contributed by atoms with Gasteiger partial charge < -0.3 is 5.11 Å². The van der Waals surface area contributed by atoms with Crippen molar-refractivity contribution < 1.29 is 9.90 Å². The molecule has 2 rings (SSSR count). The Labute approximate surface area is 113 Å². The molecular weight excluding hydrogens is 298 g/mol. The van der Waals surface area contributed by atoms with Crippen LogP contribution in [0.5, 0.6) is 0 Å². The topological polar surface area (TPSA) is 68.0 Å². The monoisotopic (exact) mass is 309 g/mol. The highest BCUT2D eigenvalue weighted by molar-refractivity contribution is 9.10. The Bertz CT molecular complexity index is 579. The van der Waals surface area contributed by atoms with Gasteiger partial charge in [-0.1, -0.05) is 19.9 Å². The molecule has 0 aliphatic rings. The summed E-state index contributed by atoms with van der Waals surface area (Å²) in [5.74, 6) is -0.324. The van der Waals surface area contributed by atoms with E-state index >= 15 is 0 Å². The number of carboxylic acids is 1. The lowest BCUT2D eigenvalue weighted by molar-refractivity contribution is 0.0689. The third-order valence-corrected chi connectivity index (χ3v) is 3.26. The number of pyridine rings is 1. The van der Waals surface area contributed by atoms with Gasteiger partial charge >= 0.3 is 5.97 Å². The first-order valence-electron chi connectivity index (χ1n) is 5.45. The summed E-state index contributed by atoms with van der Waals surface area (Å²) in [5, 5.41) is 13.2. The van der Waals surface area contributed by atoms with Gasteiger partial charge in [-0.15, -0.1) is 0 Å². The van der Waals surface area contributed by atoms with Gasteiger partial charge in [-0.2, -0.15) is 5.10 Å². The predicted octanol–water partition coefficient (Wildman–Crippen LogP) is 2.85. The van der Waals surface area contributed by atoms with Crippen molar-refractivity contribution in [3.05, 3.63) is 40.3 Å². The first-order chi connectivity index (χ1) is 8.52. The van der Waals surface area contributed by atoms with Crippen LogP contribution in [0, 0.1) is 0 Å². The van der Waals surface area contributed by atoms with Gasteiger partial charge in [-0.25, -0.2) is 14.5 Å². The van der Waals surface area contributed by atoms with Crippen molar-refractivity contribution in [2.24, 2.45) is 0 Å². The van der Waals surface area contributed by atoms with Gasteiger partial charge in [0.2, 0.25) is 0 Å². The quantitative estimate of drug-likeness (QED) is 0.946. The van der Waals surface area contributed by atoms with Gasteiger partial charge in [0, 0.05) is 6.20 Å². The maximum atomic E-state index is 11.1. The van der Waals surface area contributed by atoms with E-state index in [1.165, 1.54) is 0 Å². The molecule has 0 aliphatic carbocycles. The zero-order chi connectivity index (χ0) is 13.3. The number of hydrogen-bond donors (Lipinski definition) is 1. The van der Waals surface area contributed by atoms with E-state index in [-0.39, 0.29) is 11.6 Å². The lowest BCUT2D eigenvalue weighted by atomic mass is 10.1. The third kappa shape index (κ3) is 2.15. The molecule has 0 saturated heterocycles. The zero-order valence-electron chi connectivity index (χ0n) is 9.96. The summed E-state index contributed by atoms with van der Waals surface area (Å²) < 4.78 is 2.08. The fraction of sp³-hybridized carbons (Fsp3) is 0.250. The Kier molecular flexibility index (Phi) is 3.47. The third-order valence-electron chi connectivity index (χ3n) is 2.48. The van der Waals surface area contributed by atoms with Crippen LogP contribution in [0.3, 0.4) is 0 Å². The first kappa shape index (κ1) is 12.8. The number of hydrogen-bond acceptors (Lipinski definition) is 3. The number of rotatable bonds is 3. The van der Waals surface area contributed by atoms with Crippen molar-refractivity contribution in [3.8, 4) is 5.82 Å². The van der Waals surface area contributed by atoms with Crippen LogP contribution in [0.15, 0.2) is 28.9 Å². The molecule has 0 atom stereocenters. The van der Waals surface area contributed by atoms with Crippen LogP contribution in [0.2, 0.25) is 0 Å². The van der Waals surface area contributed by atoms with Gasteiger partial charge in [0.1, 0.15) is 0 Å². The van der Waals surface area contributed by atoms with Crippen LogP contribution in [0.1, 0.15) is 35.9 Å². The summed E-state index contributed by atoms with van der Waals surface area (Å²) in [6.07, 6.45) is 1.65. The minimum absolute atomic E-state index is 0.00403. The van der Waals surface area contributed by atoms with Crippen LogP contribution in [0.25, 0.3) is 5.82 Å². The number of halogens is 1. The molecule has 2 aromatic heterocycles. The smallest absolute Gasteiger partial charge is 0.357 e. The summed E-state index contributed by atoms with van der Waals surface area (Å²) in [5.41, 5.74) is 0.801. The lowest BCUT2D eigenvalue weighted by Gasteiger charge is -2.09. The van der Waals surface area contributed by atoms with Gasteiger partial charge in [0.05, 0.1) is 10.2 Å². The molecule has 18 heavy (non-hydrogen) atoms. The summed E-state index contributed by atoms with van der Waals surface area (Å²) in [6.45, 7) is 3.96. The second-order valence-electron chi connectivity index (χ2n) is 4.11. The molecule has 0 unspecified atom stereocenters. The fourth-order valence-electron chi connectivity index (χ4n) is 1.70. The van der Waals surface area contributed by atoms with Crippen molar-refractivity contribution in [1.82, 2.24) is 14.8 Å². The SMILES string of the molecule is CC(C)c1c(Br)c(C(=O)O)nn1-c1ccccn1.